The minimum atomic E-state index is -3.99. The number of carbonyl (C=O) groups is 1. The van der Waals surface area contributed by atoms with Gasteiger partial charge in [-0.2, -0.15) is 4.72 Å². The Hall–Kier alpha value is -0.700. The number of nitrogens with zero attached hydrogens (tertiary/aromatic N) is 1. The molecule has 6 nitrogen and oxygen atoms in total. The fraction of sp³-hybridized carbons (Fsp3) is 0.455. The number of pyridine rings is 1. The summed E-state index contributed by atoms with van der Waals surface area (Å²) in [6, 6.07) is 0.312. The van der Waals surface area contributed by atoms with Crippen LogP contribution in [0.5, 0.6) is 0 Å². The van der Waals surface area contributed by atoms with Crippen molar-refractivity contribution in [1.29, 1.82) is 0 Å². The number of methoxy groups -OCH3 is 1. The van der Waals surface area contributed by atoms with Gasteiger partial charge in [-0.05, 0) is 27.9 Å². The summed E-state index contributed by atoms with van der Waals surface area (Å²) in [4.78, 5) is 15.1. The van der Waals surface area contributed by atoms with Crippen LogP contribution in [-0.4, -0.2) is 32.5 Å². The van der Waals surface area contributed by atoms with Crippen LogP contribution in [0.25, 0.3) is 0 Å². The van der Waals surface area contributed by atoms with E-state index in [1.54, 1.807) is 13.8 Å². The molecular weight excluding hydrogens is 372 g/mol. The van der Waals surface area contributed by atoms with Crippen molar-refractivity contribution in [3.8, 4) is 0 Å². The first-order chi connectivity index (χ1) is 9.19. The minimum Gasteiger partial charge on any atom is -0.468 e. The van der Waals surface area contributed by atoms with Crippen LogP contribution in [0.4, 0.5) is 0 Å². The number of sulfonamides is 1. The molecular formula is C11H14BrClN2O4S. The molecule has 0 bridgehead atoms. The van der Waals surface area contributed by atoms with Gasteiger partial charge in [0.1, 0.15) is 16.1 Å². The molecule has 1 heterocycles. The fourth-order valence-electron chi connectivity index (χ4n) is 1.41. The third kappa shape index (κ3) is 4.15. The second-order valence-corrected chi connectivity index (χ2v) is 7.26. The average Bonchev–Trinajstić information content (AvgIpc) is 2.37. The number of aromatic nitrogens is 1. The Morgan fingerprint density at radius 3 is 2.60 bits per heavy atom. The van der Waals surface area contributed by atoms with Gasteiger partial charge in [0.05, 0.1) is 7.11 Å². The molecule has 20 heavy (non-hydrogen) atoms. The van der Waals surface area contributed by atoms with Crippen molar-refractivity contribution >= 4 is 43.5 Å². The first-order valence-corrected chi connectivity index (χ1v) is 8.25. The molecule has 0 aliphatic heterocycles. The third-order valence-corrected chi connectivity index (χ3v) is 4.77. The van der Waals surface area contributed by atoms with E-state index in [1.807, 2.05) is 0 Å². The summed E-state index contributed by atoms with van der Waals surface area (Å²) in [6.07, 6.45) is 1.38. The Labute approximate surface area is 131 Å². The predicted molar refractivity (Wildman–Crippen MR) is 77.9 cm³/mol. The maximum atomic E-state index is 12.3. The number of hydrogen-bond acceptors (Lipinski definition) is 5. The van der Waals surface area contributed by atoms with Crippen LogP contribution in [0.2, 0.25) is 5.15 Å². The largest absolute Gasteiger partial charge is 0.468 e. The van der Waals surface area contributed by atoms with Crippen LogP contribution in [0.1, 0.15) is 13.8 Å². The third-order valence-electron chi connectivity index (χ3n) is 2.47. The van der Waals surface area contributed by atoms with Gasteiger partial charge in [0.15, 0.2) is 0 Å². The van der Waals surface area contributed by atoms with E-state index in [2.05, 4.69) is 30.4 Å². The van der Waals surface area contributed by atoms with Crippen LogP contribution in [0, 0.1) is 5.92 Å². The van der Waals surface area contributed by atoms with Crippen LogP contribution in [-0.2, 0) is 19.6 Å². The summed E-state index contributed by atoms with van der Waals surface area (Å²) < 4.78 is 31.9. The van der Waals surface area contributed by atoms with Crippen LogP contribution in [0.3, 0.4) is 0 Å². The number of nitrogens with one attached hydrogen (secondary N) is 1. The molecule has 9 heteroatoms. The van der Waals surface area contributed by atoms with E-state index in [4.69, 9.17) is 11.6 Å². The van der Waals surface area contributed by atoms with E-state index < -0.39 is 22.0 Å². The molecule has 0 unspecified atom stereocenters. The molecule has 1 aromatic heterocycles. The van der Waals surface area contributed by atoms with Gasteiger partial charge in [0, 0.05) is 10.7 Å². The van der Waals surface area contributed by atoms with Crippen molar-refractivity contribution in [3.63, 3.8) is 0 Å². The van der Waals surface area contributed by atoms with Crippen molar-refractivity contribution in [3.05, 3.63) is 21.9 Å². The highest BCUT2D eigenvalue weighted by Gasteiger charge is 2.30. The first kappa shape index (κ1) is 17.4. The number of ether oxygens (including phenoxy) is 1. The van der Waals surface area contributed by atoms with E-state index in [9.17, 15) is 13.2 Å². The second-order valence-electron chi connectivity index (χ2n) is 4.31. The van der Waals surface area contributed by atoms with Crippen molar-refractivity contribution < 1.29 is 17.9 Å². The summed E-state index contributed by atoms with van der Waals surface area (Å²) in [5.41, 5.74) is 0. The zero-order valence-electron chi connectivity index (χ0n) is 11.1. The van der Waals surface area contributed by atoms with Gasteiger partial charge >= 0.3 is 5.97 Å². The highest BCUT2D eigenvalue weighted by molar-refractivity contribution is 9.10. The molecule has 1 N–H and O–H groups in total. The lowest BCUT2D eigenvalue weighted by Gasteiger charge is -2.20. The molecule has 0 radical (unpaired) electrons. The zero-order chi connectivity index (χ0) is 15.5. The van der Waals surface area contributed by atoms with Crippen LogP contribution in [0.15, 0.2) is 21.6 Å². The first-order valence-electron chi connectivity index (χ1n) is 5.60. The molecule has 1 aromatic rings. The standard InChI is InChI=1S/C11H14BrClN2O4S/c1-6(2)9(11(16)19-3)15-20(17,18)8-4-7(12)5-14-10(8)13/h4-6,9,15H,1-3H3/t9-/m0/s1. The Kier molecular flexibility index (Phi) is 5.93. The minimum absolute atomic E-state index is 0.173. The Balaban J connectivity index is 3.16. The average molecular weight is 386 g/mol. The molecule has 0 aliphatic rings. The Morgan fingerprint density at radius 2 is 2.10 bits per heavy atom. The molecule has 0 saturated heterocycles. The second kappa shape index (κ2) is 6.84. The van der Waals surface area contributed by atoms with Gasteiger partial charge in [-0.15, -0.1) is 0 Å². The molecule has 0 fully saturated rings. The monoisotopic (exact) mass is 384 g/mol. The number of esters is 1. The predicted octanol–water partition coefficient (Wildman–Crippen LogP) is 1.97. The lowest BCUT2D eigenvalue weighted by Crippen LogP contribution is -2.45. The maximum absolute atomic E-state index is 12.3. The molecule has 0 saturated carbocycles. The summed E-state index contributed by atoms with van der Waals surface area (Å²) >= 11 is 8.91. The molecule has 0 aliphatic carbocycles. The van der Waals surface area contributed by atoms with Gasteiger partial charge in [0.25, 0.3) is 0 Å². The van der Waals surface area contributed by atoms with E-state index in [0.29, 0.717) is 4.47 Å². The number of carbonyl (C=O) groups excluding carboxylic acids is 1. The van der Waals surface area contributed by atoms with E-state index in [-0.39, 0.29) is 16.0 Å². The van der Waals surface area contributed by atoms with Gasteiger partial charge in [0.2, 0.25) is 10.0 Å². The fourth-order valence-corrected chi connectivity index (χ4v) is 3.68. The van der Waals surface area contributed by atoms with Crippen molar-refractivity contribution in [2.24, 2.45) is 5.92 Å². The molecule has 0 amide bonds. The SMILES string of the molecule is COC(=O)[C@@H](NS(=O)(=O)c1cc(Br)cnc1Cl)C(C)C. The van der Waals surface area contributed by atoms with Crippen LogP contribution < -0.4 is 4.72 Å². The topological polar surface area (TPSA) is 85.4 Å². The van der Waals surface area contributed by atoms with Crippen molar-refractivity contribution in [2.75, 3.05) is 7.11 Å². The lowest BCUT2D eigenvalue weighted by atomic mass is 10.1. The number of halogens is 2. The molecule has 1 atom stereocenters. The Morgan fingerprint density at radius 1 is 1.50 bits per heavy atom. The van der Waals surface area contributed by atoms with E-state index in [0.717, 1.165) is 0 Å². The molecule has 112 valence electrons. The van der Waals surface area contributed by atoms with E-state index in [1.165, 1.54) is 19.4 Å². The summed E-state index contributed by atoms with van der Waals surface area (Å²) in [5, 5.41) is -0.173. The van der Waals surface area contributed by atoms with Crippen molar-refractivity contribution in [1.82, 2.24) is 9.71 Å². The summed E-state index contributed by atoms with van der Waals surface area (Å²) in [6.45, 7) is 3.40. The highest BCUT2D eigenvalue weighted by atomic mass is 79.9. The summed E-state index contributed by atoms with van der Waals surface area (Å²) in [5.74, 6) is -0.946. The number of hydrogen-bond donors (Lipinski definition) is 1. The quantitative estimate of drug-likeness (QED) is 0.619. The van der Waals surface area contributed by atoms with Crippen molar-refractivity contribution in [2.45, 2.75) is 24.8 Å². The molecule has 0 aromatic carbocycles. The number of rotatable bonds is 5. The van der Waals surface area contributed by atoms with Gasteiger partial charge in [-0.1, -0.05) is 25.4 Å². The zero-order valence-corrected chi connectivity index (χ0v) is 14.2. The van der Waals surface area contributed by atoms with Gasteiger partial charge in [-0.25, -0.2) is 13.4 Å². The Bertz CT molecular complexity index is 606. The molecule has 0 spiro atoms. The lowest BCUT2D eigenvalue weighted by molar-refractivity contribution is -0.143. The van der Waals surface area contributed by atoms with Gasteiger partial charge in [-0.3, -0.25) is 4.79 Å². The van der Waals surface area contributed by atoms with Gasteiger partial charge < -0.3 is 4.74 Å². The maximum Gasteiger partial charge on any atom is 0.324 e. The smallest absolute Gasteiger partial charge is 0.324 e. The summed E-state index contributed by atoms with van der Waals surface area (Å²) in [7, 11) is -2.79. The molecule has 1 rings (SSSR count). The van der Waals surface area contributed by atoms with Crippen LogP contribution >= 0.6 is 27.5 Å². The normalized spacial score (nSPS) is 13.3. The highest BCUT2D eigenvalue weighted by Crippen LogP contribution is 2.23. The van der Waals surface area contributed by atoms with E-state index >= 15 is 0 Å².